The summed E-state index contributed by atoms with van der Waals surface area (Å²) in [5, 5.41) is 13.6. The minimum atomic E-state index is -1.13. The number of carboxylic acids is 1. The summed E-state index contributed by atoms with van der Waals surface area (Å²) in [6, 6.07) is 1.16. The predicted octanol–water partition coefficient (Wildman–Crippen LogP) is 0.103. The van der Waals surface area contributed by atoms with E-state index in [1.807, 2.05) is 0 Å². The van der Waals surface area contributed by atoms with Crippen molar-refractivity contribution in [2.24, 2.45) is 0 Å². The Morgan fingerprint density at radius 2 is 2.15 bits per heavy atom. The van der Waals surface area contributed by atoms with Crippen LogP contribution in [0.2, 0.25) is 0 Å². The van der Waals surface area contributed by atoms with E-state index in [2.05, 4.69) is 15.6 Å². The number of nitrogens with one attached hydrogen (secondary N) is 2. The van der Waals surface area contributed by atoms with E-state index in [9.17, 15) is 23.6 Å². The van der Waals surface area contributed by atoms with Gasteiger partial charge in [-0.1, -0.05) is 0 Å². The number of rotatable bonds is 4. The first-order valence-corrected chi connectivity index (χ1v) is 7.79. The summed E-state index contributed by atoms with van der Waals surface area (Å²) in [6.45, 7) is 1.11. The number of hydrogen-bond donors (Lipinski definition) is 3. The molecule has 9 nitrogen and oxygen atoms in total. The number of amides is 3. The van der Waals surface area contributed by atoms with Crippen LogP contribution >= 0.6 is 0 Å². The van der Waals surface area contributed by atoms with Crippen LogP contribution in [0.1, 0.15) is 29.0 Å². The van der Waals surface area contributed by atoms with Crippen LogP contribution in [0.3, 0.4) is 0 Å². The highest BCUT2D eigenvalue weighted by molar-refractivity contribution is 6.08. The summed E-state index contributed by atoms with van der Waals surface area (Å²) < 4.78 is 15.3. The average Bonchev–Trinajstić information content (AvgIpc) is 2.85. The maximum absolute atomic E-state index is 14.0. The first-order valence-electron chi connectivity index (χ1n) is 7.79. The van der Waals surface area contributed by atoms with Gasteiger partial charge in [-0.25, -0.2) is 9.37 Å². The number of aromatic nitrogens is 2. The van der Waals surface area contributed by atoms with Crippen LogP contribution in [-0.4, -0.2) is 44.4 Å². The first kappa shape index (κ1) is 17.5. The van der Waals surface area contributed by atoms with Crippen molar-refractivity contribution in [2.75, 3.05) is 0 Å². The standard InChI is InChI=1S/C16H15FN4O5/c1-7-18-14-9(4-8(17)5-11(14)21(7)6-13(23)24)15(25)19-10-2-3-12(22)20-16(10)26/h4-5,10H,2-3,6H2,1H3,(H,19,25)(H,23,24)(H,20,22,26). The molecular formula is C16H15FN4O5. The Hall–Kier alpha value is -3.30. The maximum Gasteiger partial charge on any atom is 0.323 e. The quantitative estimate of drug-likeness (QED) is 0.662. The Morgan fingerprint density at radius 3 is 2.81 bits per heavy atom. The van der Waals surface area contributed by atoms with Crippen molar-refractivity contribution in [1.29, 1.82) is 0 Å². The number of nitrogens with zero attached hydrogens (tertiary/aromatic N) is 2. The van der Waals surface area contributed by atoms with Crippen LogP contribution in [0.25, 0.3) is 11.0 Å². The Balaban J connectivity index is 1.96. The van der Waals surface area contributed by atoms with Crippen LogP contribution in [0.15, 0.2) is 12.1 Å². The second-order valence-corrected chi connectivity index (χ2v) is 5.94. The molecule has 2 aromatic rings. The van der Waals surface area contributed by atoms with Gasteiger partial charge in [0.2, 0.25) is 11.8 Å². The van der Waals surface area contributed by atoms with Crippen LogP contribution < -0.4 is 10.6 Å². The van der Waals surface area contributed by atoms with Crippen LogP contribution in [0, 0.1) is 12.7 Å². The molecule has 0 spiro atoms. The molecule has 1 aromatic heterocycles. The molecular weight excluding hydrogens is 347 g/mol. The average molecular weight is 362 g/mol. The fraction of sp³-hybridized carbons (Fsp3) is 0.312. The lowest BCUT2D eigenvalue weighted by Crippen LogP contribution is -2.52. The third kappa shape index (κ3) is 3.25. The topological polar surface area (TPSA) is 130 Å². The smallest absolute Gasteiger partial charge is 0.323 e. The number of carbonyl (C=O) groups is 4. The maximum atomic E-state index is 14.0. The van der Waals surface area contributed by atoms with Crippen molar-refractivity contribution < 1.29 is 28.7 Å². The Labute approximate surface area is 146 Å². The Bertz CT molecular complexity index is 952. The molecule has 3 N–H and O–H groups in total. The molecule has 136 valence electrons. The third-order valence-electron chi connectivity index (χ3n) is 4.09. The summed E-state index contributed by atoms with van der Waals surface area (Å²) in [4.78, 5) is 50.7. The van der Waals surface area contributed by atoms with Gasteiger partial charge in [-0.05, 0) is 25.5 Å². The number of imide groups is 1. The molecule has 0 bridgehead atoms. The lowest BCUT2D eigenvalue weighted by Gasteiger charge is -2.21. The minimum absolute atomic E-state index is 0.0849. The summed E-state index contributed by atoms with van der Waals surface area (Å²) in [5.41, 5.74) is 0.185. The number of imidazole rings is 1. The summed E-state index contributed by atoms with van der Waals surface area (Å²) in [7, 11) is 0. The molecule has 1 atom stereocenters. The summed E-state index contributed by atoms with van der Waals surface area (Å²) >= 11 is 0. The van der Waals surface area contributed by atoms with E-state index in [1.165, 1.54) is 4.57 Å². The number of halogens is 1. The monoisotopic (exact) mass is 362 g/mol. The highest BCUT2D eigenvalue weighted by Gasteiger charge is 2.29. The number of piperidine rings is 1. The van der Waals surface area contributed by atoms with Crippen molar-refractivity contribution in [1.82, 2.24) is 20.2 Å². The highest BCUT2D eigenvalue weighted by atomic mass is 19.1. The normalized spacial score (nSPS) is 17.2. The fourth-order valence-corrected chi connectivity index (χ4v) is 2.88. The first-order chi connectivity index (χ1) is 12.3. The molecule has 2 heterocycles. The van der Waals surface area contributed by atoms with Crippen molar-refractivity contribution in [3.63, 3.8) is 0 Å². The van der Waals surface area contributed by atoms with Gasteiger partial charge < -0.3 is 15.0 Å². The molecule has 1 aliphatic rings. The largest absolute Gasteiger partial charge is 0.480 e. The number of carboxylic acid groups (broad SMARTS) is 1. The predicted molar refractivity (Wildman–Crippen MR) is 85.7 cm³/mol. The SMILES string of the molecule is Cc1nc2c(C(=O)NC3CCC(=O)NC3=O)cc(F)cc2n1CC(=O)O. The van der Waals surface area contributed by atoms with E-state index >= 15 is 0 Å². The Kier molecular flexibility index (Phi) is 4.41. The summed E-state index contributed by atoms with van der Waals surface area (Å²) in [6.07, 6.45) is 0.225. The van der Waals surface area contributed by atoms with E-state index in [0.29, 0.717) is 5.82 Å². The molecule has 3 rings (SSSR count). The van der Waals surface area contributed by atoms with Gasteiger partial charge in [-0.15, -0.1) is 0 Å². The van der Waals surface area contributed by atoms with Crippen molar-refractivity contribution >= 4 is 34.7 Å². The fourth-order valence-electron chi connectivity index (χ4n) is 2.88. The second kappa shape index (κ2) is 6.54. The van der Waals surface area contributed by atoms with E-state index in [0.717, 1.165) is 12.1 Å². The highest BCUT2D eigenvalue weighted by Crippen LogP contribution is 2.22. The number of benzene rings is 1. The number of fused-ring (bicyclic) bond motifs is 1. The molecule has 1 fully saturated rings. The molecule has 3 amide bonds. The van der Waals surface area contributed by atoms with E-state index < -0.39 is 42.1 Å². The molecule has 26 heavy (non-hydrogen) atoms. The lowest BCUT2D eigenvalue weighted by molar-refractivity contribution is -0.138. The second-order valence-electron chi connectivity index (χ2n) is 5.94. The number of aryl methyl sites for hydroxylation is 1. The molecule has 1 unspecified atom stereocenters. The zero-order valence-electron chi connectivity index (χ0n) is 13.7. The Morgan fingerprint density at radius 1 is 1.42 bits per heavy atom. The third-order valence-corrected chi connectivity index (χ3v) is 4.09. The molecule has 1 aliphatic heterocycles. The molecule has 0 saturated carbocycles. The van der Waals surface area contributed by atoms with Gasteiger partial charge in [0.15, 0.2) is 0 Å². The van der Waals surface area contributed by atoms with Crippen LogP contribution in [0.4, 0.5) is 4.39 Å². The van der Waals surface area contributed by atoms with Crippen LogP contribution in [-0.2, 0) is 20.9 Å². The van der Waals surface area contributed by atoms with E-state index in [1.54, 1.807) is 6.92 Å². The summed E-state index contributed by atoms with van der Waals surface area (Å²) in [5.74, 6) is -3.35. The van der Waals surface area contributed by atoms with Gasteiger partial charge in [-0.2, -0.15) is 0 Å². The van der Waals surface area contributed by atoms with Gasteiger partial charge in [0.25, 0.3) is 5.91 Å². The van der Waals surface area contributed by atoms with Crippen LogP contribution in [0.5, 0.6) is 0 Å². The lowest BCUT2D eigenvalue weighted by atomic mass is 10.1. The van der Waals surface area contributed by atoms with Gasteiger partial charge in [0.05, 0.1) is 11.1 Å². The molecule has 0 aliphatic carbocycles. The van der Waals surface area contributed by atoms with Crippen molar-refractivity contribution in [3.8, 4) is 0 Å². The zero-order valence-corrected chi connectivity index (χ0v) is 13.7. The number of hydrogen-bond acceptors (Lipinski definition) is 5. The van der Waals surface area contributed by atoms with Gasteiger partial charge in [-0.3, -0.25) is 24.5 Å². The molecule has 0 radical (unpaired) electrons. The van der Waals surface area contributed by atoms with Crippen molar-refractivity contribution in [2.45, 2.75) is 32.4 Å². The zero-order chi connectivity index (χ0) is 19.0. The van der Waals surface area contributed by atoms with E-state index in [-0.39, 0.29) is 29.4 Å². The van der Waals surface area contributed by atoms with E-state index in [4.69, 9.17) is 5.11 Å². The molecule has 1 aromatic carbocycles. The van der Waals surface area contributed by atoms with Gasteiger partial charge in [0, 0.05) is 6.42 Å². The minimum Gasteiger partial charge on any atom is -0.480 e. The van der Waals surface area contributed by atoms with Gasteiger partial charge >= 0.3 is 5.97 Å². The van der Waals surface area contributed by atoms with Gasteiger partial charge in [0.1, 0.15) is 29.7 Å². The number of aliphatic carboxylic acids is 1. The van der Waals surface area contributed by atoms with Crippen molar-refractivity contribution in [3.05, 3.63) is 29.3 Å². The molecule has 1 saturated heterocycles. The molecule has 10 heteroatoms. The number of carbonyl (C=O) groups excluding carboxylic acids is 3.